The first kappa shape index (κ1) is 13.6. The minimum atomic E-state index is 0.0271. The second kappa shape index (κ2) is 5.19. The number of H-pyrrole nitrogens is 1. The van der Waals surface area contributed by atoms with Crippen molar-refractivity contribution in [3.63, 3.8) is 0 Å². The third-order valence-corrected chi connectivity index (χ3v) is 4.67. The molecule has 3 aromatic rings. The average molecular weight is 393 g/mol. The van der Waals surface area contributed by atoms with E-state index in [0.29, 0.717) is 11.1 Å². The molecule has 0 amide bonds. The summed E-state index contributed by atoms with van der Waals surface area (Å²) in [4.78, 5) is 15.8. The molecule has 3 rings (SSSR count). The number of benzene rings is 2. The van der Waals surface area contributed by atoms with Crippen LogP contribution in [0.2, 0.25) is 0 Å². The molecule has 20 heavy (non-hydrogen) atoms. The highest BCUT2D eigenvalue weighted by Gasteiger charge is 2.15. The molecule has 0 radical (unpaired) electrons. The fraction of sp³-hybridized carbons (Fsp3) is 0.0625. The van der Waals surface area contributed by atoms with E-state index in [1.54, 1.807) is 6.20 Å². The molecule has 100 valence electrons. The molecule has 0 spiro atoms. The molecule has 1 heterocycles. The van der Waals surface area contributed by atoms with Gasteiger partial charge in [0.05, 0.1) is 0 Å². The minimum Gasteiger partial charge on any atom is -0.360 e. The van der Waals surface area contributed by atoms with Crippen molar-refractivity contribution < 1.29 is 4.79 Å². The Balaban J connectivity index is 2.10. The van der Waals surface area contributed by atoms with Crippen LogP contribution in [0.25, 0.3) is 10.9 Å². The lowest BCUT2D eigenvalue weighted by molar-refractivity contribution is 0.104. The molecule has 0 unspecified atom stereocenters. The van der Waals surface area contributed by atoms with Crippen molar-refractivity contribution in [2.24, 2.45) is 0 Å². The highest BCUT2D eigenvalue weighted by atomic mass is 79.9. The van der Waals surface area contributed by atoms with Crippen LogP contribution in [-0.2, 0) is 0 Å². The zero-order valence-corrected chi connectivity index (χ0v) is 13.9. The van der Waals surface area contributed by atoms with E-state index >= 15 is 0 Å². The first-order valence-corrected chi connectivity index (χ1v) is 7.72. The predicted molar refractivity (Wildman–Crippen MR) is 88.3 cm³/mol. The number of carbonyl (C=O) groups excluding carboxylic acids is 1. The van der Waals surface area contributed by atoms with Crippen molar-refractivity contribution in [3.05, 3.63) is 68.2 Å². The van der Waals surface area contributed by atoms with Gasteiger partial charge in [-0.25, -0.2) is 0 Å². The number of halogens is 2. The zero-order valence-electron chi connectivity index (χ0n) is 10.7. The van der Waals surface area contributed by atoms with Gasteiger partial charge in [-0.15, -0.1) is 0 Å². The average Bonchev–Trinajstić information content (AvgIpc) is 2.84. The van der Waals surface area contributed by atoms with Crippen LogP contribution in [0.1, 0.15) is 21.5 Å². The van der Waals surface area contributed by atoms with Gasteiger partial charge in [0.25, 0.3) is 0 Å². The van der Waals surface area contributed by atoms with E-state index in [4.69, 9.17) is 0 Å². The molecule has 0 aliphatic heterocycles. The van der Waals surface area contributed by atoms with Crippen LogP contribution in [0.5, 0.6) is 0 Å². The van der Waals surface area contributed by atoms with Gasteiger partial charge in [0.1, 0.15) is 0 Å². The molecule has 0 aliphatic rings. The lowest BCUT2D eigenvalue weighted by atomic mass is 10.0. The molecular weight excluding hydrogens is 382 g/mol. The lowest BCUT2D eigenvalue weighted by Crippen LogP contribution is -2.00. The first-order chi connectivity index (χ1) is 9.56. The smallest absolute Gasteiger partial charge is 0.195 e. The zero-order chi connectivity index (χ0) is 14.3. The standard InChI is InChI=1S/C16H11Br2NO/c1-9-2-3-10(6-14(9)18)16(20)13-8-19-15-7-11(17)4-5-12(13)15/h2-8,19H,1H3. The Morgan fingerprint density at radius 2 is 1.90 bits per heavy atom. The lowest BCUT2D eigenvalue weighted by Gasteiger charge is -2.03. The maximum atomic E-state index is 12.6. The molecule has 2 aromatic carbocycles. The summed E-state index contributed by atoms with van der Waals surface area (Å²) in [5.74, 6) is 0.0271. The number of hydrogen-bond acceptors (Lipinski definition) is 1. The van der Waals surface area contributed by atoms with Crippen molar-refractivity contribution in [1.82, 2.24) is 4.98 Å². The molecule has 4 heteroatoms. The van der Waals surface area contributed by atoms with E-state index in [0.717, 1.165) is 25.4 Å². The quantitative estimate of drug-likeness (QED) is 0.595. The number of fused-ring (bicyclic) bond motifs is 1. The molecule has 1 N–H and O–H groups in total. The Hall–Kier alpha value is -1.39. The monoisotopic (exact) mass is 391 g/mol. The van der Waals surface area contributed by atoms with Crippen LogP contribution in [0.15, 0.2) is 51.5 Å². The van der Waals surface area contributed by atoms with Crippen LogP contribution >= 0.6 is 31.9 Å². The van der Waals surface area contributed by atoms with Crippen LogP contribution in [0, 0.1) is 6.92 Å². The molecule has 1 aromatic heterocycles. The second-order valence-electron chi connectivity index (χ2n) is 4.69. The Morgan fingerprint density at radius 3 is 2.65 bits per heavy atom. The van der Waals surface area contributed by atoms with Gasteiger partial charge in [-0.2, -0.15) is 0 Å². The second-order valence-corrected chi connectivity index (χ2v) is 6.46. The van der Waals surface area contributed by atoms with Crippen molar-refractivity contribution in [2.45, 2.75) is 6.92 Å². The van der Waals surface area contributed by atoms with Crippen LogP contribution in [0.3, 0.4) is 0 Å². The van der Waals surface area contributed by atoms with Crippen LogP contribution < -0.4 is 0 Å². The molecule has 0 bridgehead atoms. The van der Waals surface area contributed by atoms with Gasteiger partial charge < -0.3 is 4.98 Å². The molecule has 0 atom stereocenters. The summed E-state index contributed by atoms with van der Waals surface area (Å²) in [6.45, 7) is 2.00. The highest BCUT2D eigenvalue weighted by Crippen LogP contribution is 2.26. The van der Waals surface area contributed by atoms with Gasteiger partial charge in [0, 0.05) is 37.2 Å². The summed E-state index contributed by atoms with van der Waals surface area (Å²) >= 11 is 6.90. The SMILES string of the molecule is Cc1ccc(C(=O)c2c[nH]c3cc(Br)ccc23)cc1Br. The largest absolute Gasteiger partial charge is 0.360 e. The number of nitrogens with one attached hydrogen (secondary N) is 1. The fourth-order valence-corrected chi connectivity index (χ4v) is 2.92. The summed E-state index contributed by atoms with van der Waals surface area (Å²) in [5, 5.41) is 0.940. The van der Waals surface area contributed by atoms with E-state index in [2.05, 4.69) is 36.8 Å². The number of hydrogen-bond donors (Lipinski definition) is 1. The normalized spacial score (nSPS) is 10.9. The van der Waals surface area contributed by atoms with Crippen molar-refractivity contribution in [1.29, 1.82) is 0 Å². The molecule has 0 saturated heterocycles. The van der Waals surface area contributed by atoms with Gasteiger partial charge in [-0.1, -0.05) is 50.1 Å². The number of carbonyl (C=O) groups is 1. The summed E-state index contributed by atoms with van der Waals surface area (Å²) in [5.41, 5.74) is 3.45. The van der Waals surface area contributed by atoms with Crippen LogP contribution in [0.4, 0.5) is 0 Å². The Bertz CT molecular complexity index is 820. The number of aryl methyl sites for hydroxylation is 1. The Kier molecular flexibility index (Phi) is 3.52. The van der Waals surface area contributed by atoms with E-state index in [1.165, 1.54) is 0 Å². The third-order valence-electron chi connectivity index (χ3n) is 3.32. The van der Waals surface area contributed by atoms with E-state index < -0.39 is 0 Å². The van der Waals surface area contributed by atoms with Crippen molar-refractivity contribution in [3.8, 4) is 0 Å². The predicted octanol–water partition coefficient (Wildman–Crippen LogP) is 5.23. The van der Waals surface area contributed by atoms with Gasteiger partial charge in [-0.05, 0) is 30.7 Å². The third kappa shape index (κ3) is 2.34. The minimum absolute atomic E-state index is 0.0271. The Morgan fingerprint density at radius 1 is 1.10 bits per heavy atom. The summed E-state index contributed by atoms with van der Waals surface area (Å²) in [7, 11) is 0. The summed E-state index contributed by atoms with van der Waals surface area (Å²) < 4.78 is 1.94. The Labute approximate surface area is 133 Å². The molecule has 2 nitrogen and oxygen atoms in total. The fourth-order valence-electron chi connectivity index (χ4n) is 2.18. The number of rotatable bonds is 2. The van der Waals surface area contributed by atoms with E-state index in [9.17, 15) is 4.79 Å². The van der Waals surface area contributed by atoms with Gasteiger partial charge in [0.2, 0.25) is 0 Å². The van der Waals surface area contributed by atoms with Crippen LogP contribution in [-0.4, -0.2) is 10.8 Å². The molecule has 0 fully saturated rings. The van der Waals surface area contributed by atoms with Gasteiger partial charge >= 0.3 is 0 Å². The molecule has 0 saturated carbocycles. The van der Waals surface area contributed by atoms with Crippen molar-refractivity contribution in [2.75, 3.05) is 0 Å². The number of ketones is 1. The van der Waals surface area contributed by atoms with E-state index in [1.807, 2.05) is 43.3 Å². The summed E-state index contributed by atoms with van der Waals surface area (Å²) in [6, 6.07) is 11.5. The first-order valence-electron chi connectivity index (χ1n) is 6.14. The van der Waals surface area contributed by atoms with Crippen molar-refractivity contribution >= 4 is 48.5 Å². The summed E-state index contributed by atoms with van der Waals surface area (Å²) in [6.07, 6.45) is 1.77. The van der Waals surface area contributed by atoms with Gasteiger partial charge in [-0.3, -0.25) is 4.79 Å². The maximum Gasteiger partial charge on any atom is 0.195 e. The highest BCUT2D eigenvalue weighted by molar-refractivity contribution is 9.10. The molecule has 0 aliphatic carbocycles. The topological polar surface area (TPSA) is 32.9 Å². The van der Waals surface area contributed by atoms with E-state index in [-0.39, 0.29) is 5.78 Å². The molecular formula is C16H11Br2NO. The number of aromatic amines is 1. The number of aromatic nitrogens is 1. The van der Waals surface area contributed by atoms with Gasteiger partial charge in [0.15, 0.2) is 5.78 Å². The maximum absolute atomic E-state index is 12.6.